The van der Waals surface area contributed by atoms with E-state index >= 15 is 0 Å². The molecule has 2 rings (SSSR count). The summed E-state index contributed by atoms with van der Waals surface area (Å²) in [4.78, 5) is 12.1. The molecule has 0 radical (unpaired) electrons. The van der Waals surface area contributed by atoms with Gasteiger partial charge in [-0.1, -0.05) is 6.92 Å². The average Bonchev–Trinajstić information content (AvgIpc) is 2.29. The van der Waals surface area contributed by atoms with Gasteiger partial charge in [0.05, 0.1) is 0 Å². The molecule has 80 valence electrons. The van der Waals surface area contributed by atoms with E-state index in [1.54, 1.807) is 0 Å². The Kier molecular flexibility index (Phi) is 2.77. The Labute approximate surface area is 86.0 Å². The van der Waals surface area contributed by atoms with Gasteiger partial charge >= 0.3 is 0 Å². The van der Waals surface area contributed by atoms with Gasteiger partial charge in [0, 0.05) is 25.0 Å². The number of rotatable bonds is 0. The normalized spacial score (nSPS) is 35.3. The highest BCUT2D eigenvalue weighted by Crippen LogP contribution is 2.25. The first kappa shape index (κ1) is 9.97. The van der Waals surface area contributed by atoms with Crippen LogP contribution in [0.2, 0.25) is 0 Å². The van der Waals surface area contributed by atoms with Crippen molar-refractivity contribution in [2.45, 2.75) is 45.6 Å². The van der Waals surface area contributed by atoms with Crippen molar-refractivity contribution in [3.63, 3.8) is 0 Å². The zero-order chi connectivity index (χ0) is 10.1. The first-order chi connectivity index (χ1) is 6.70. The second-order valence-electron chi connectivity index (χ2n) is 4.67. The molecule has 2 saturated heterocycles. The lowest BCUT2D eigenvalue weighted by Crippen LogP contribution is -2.54. The summed E-state index contributed by atoms with van der Waals surface area (Å²) in [5, 5.41) is 4.29. The van der Waals surface area contributed by atoms with E-state index in [2.05, 4.69) is 18.9 Å². The lowest BCUT2D eigenvalue weighted by molar-refractivity contribution is -0.161. The second-order valence-corrected chi connectivity index (χ2v) is 4.67. The van der Waals surface area contributed by atoms with Crippen LogP contribution in [-0.4, -0.2) is 35.1 Å². The zero-order valence-corrected chi connectivity index (χ0v) is 9.20. The molecule has 2 heterocycles. The Morgan fingerprint density at radius 1 is 1.14 bits per heavy atom. The third kappa shape index (κ3) is 1.65. The van der Waals surface area contributed by atoms with Gasteiger partial charge < -0.3 is 0 Å². The van der Waals surface area contributed by atoms with Gasteiger partial charge in [-0.05, 0) is 32.6 Å². The first-order valence-corrected chi connectivity index (χ1v) is 5.78. The van der Waals surface area contributed by atoms with Crippen LogP contribution >= 0.6 is 0 Å². The summed E-state index contributed by atoms with van der Waals surface area (Å²) < 4.78 is 0. The van der Waals surface area contributed by atoms with E-state index in [9.17, 15) is 4.79 Å². The lowest BCUT2D eigenvalue weighted by Gasteiger charge is -2.42. The van der Waals surface area contributed by atoms with Gasteiger partial charge in [-0.2, -0.15) is 0 Å². The van der Waals surface area contributed by atoms with Crippen molar-refractivity contribution in [1.82, 2.24) is 10.0 Å². The van der Waals surface area contributed by atoms with Crippen LogP contribution in [0.5, 0.6) is 0 Å². The molecule has 0 aromatic heterocycles. The maximum Gasteiger partial charge on any atom is 0.239 e. The molecule has 0 aromatic carbocycles. The van der Waals surface area contributed by atoms with E-state index in [0.29, 0.717) is 11.9 Å². The van der Waals surface area contributed by atoms with Crippen molar-refractivity contribution < 1.29 is 4.79 Å². The molecule has 0 aliphatic carbocycles. The Morgan fingerprint density at radius 2 is 1.79 bits per heavy atom. The van der Waals surface area contributed by atoms with Gasteiger partial charge in [0.25, 0.3) is 0 Å². The number of hydrogen-bond donors (Lipinski definition) is 0. The maximum atomic E-state index is 12.1. The fourth-order valence-electron chi connectivity index (χ4n) is 2.58. The van der Waals surface area contributed by atoms with Crippen LogP contribution in [0.25, 0.3) is 0 Å². The number of hydrazine groups is 1. The van der Waals surface area contributed by atoms with Gasteiger partial charge in [0.2, 0.25) is 5.91 Å². The summed E-state index contributed by atoms with van der Waals surface area (Å²) in [7, 11) is 0. The molecule has 0 N–H and O–H groups in total. The molecule has 14 heavy (non-hydrogen) atoms. The van der Waals surface area contributed by atoms with Crippen LogP contribution in [0.1, 0.15) is 39.5 Å². The van der Waals surface area contributed by atoms with Crippen LogP contribution in [0.3, 0.4) is 0 Å². The van der Waals surface area contributed by atoms with Crippen LogP contribution in [0, 0.1) is 5.92 Å². The molecule has 0 saturated carbocycles. The van der Waals surface area contributed by atoms with Crippen LogP contribution in [0.15, 0.2) is 0 Å². The number of fused-ring (bicyclic) bond motifs is 1. The third-order valence-electron chi connectivity index (χ3n) is 3.46. The summed E-state index contributed by atoms with van der Waals surface area (Å²) in [5.41, 5.74) is 0. The molecular weight excluding hydrogens is 176 g/mol. The van der Waals surface area contributed by atoms with Gasteiger partial charge in [0.1, 0.15) is 0 Å². The molecule has 2 unspecified atom stereocenters. The second kappa shape index (κ2) is 3.89. The topological polar surface area (TPSA) is 23.6 Å². The third-order valence-corrected chi connectivity index (χ3v) is 3.46. The van der Waals surface area contributed by atoms with Gasteiger partial charge in [-0.15, -0.1) is 0 Å². The Bertz CT molecular complexity index is 229. The molecule has 0 aromatic rings. The minimum Gasteiger partial charge on any atom is -0.273 e. The molecule has 0 bridgehead atoms. The van der Waals surface area contributed by atoms with Crippen molar-refractivity contribution in [3.05, 3.63) is 0 Å². The number of amides is 1. The summed E-state index contributed by atoms with van der Waals surface area (Å²) in [6.07, 6.45) is 4.61. The predicted molar refractivity (Wildman–Crippen MR) is 55.5 cm³/mol. The SMILES string of the molecule is CC1CCCN2CCCC(C)N2C1=O. The highest BCUT2D eigenvalue weighted by atomic mass is 16.2. The number of hydrogen-bond acceptors (Lipinski definition) is 2. The van der Waals surface area contributed by atoms with Gasteiger partial charge in [-0.25, -0.2) is 5.01 Å². The lowest BCUT2D eigenvalue weighted by atomic mass is 10.0. The Hall–Kier alpha value is -0.570. The van der Waals surface area contributed by atoms with Crippen LogP contribution < -0.4 is 0 Å². The fraction of sp³-hybridized carbons (Fsp3) is 0.909. The Morgan fingerprint density at radius 3 is 2.50 bits per heavy atom. The summed E-state index contributed by atoms with van der Waals surface area (Å²) in [6.45, 7) is 6.37. The minimum atomic E-state index is 0.223. The standard InChI is InChI=1S/C11H20N2O/c1-9-5-3-7-12-8-4-6-10(2)13(12)11(9)14/h9-10H,3-8H2,1-2H3. The van der Waals surface area contributed by atoms with Gasteiger partial charge in [0.15, 0.2) is 0 Å². The molecule has 0 spiro atoms. The van der Waals surface area contributed by atoms with Crippen molar-refractivity contribution >= 4 is 5.91 Å². The van der Waals surface area contributed by atoms with E-state index in [0.717, 1.165) is 32.4 Å². The smallest absolute Gasteiger partial charge is 0.239 e. The largest absolute Gasteiger partial charge is 0.273 e. The van der Waals surface area contributed by atoms with Crippen LogP contribution in [0.4, 0.5) is 0 Å². The van der Waals surface area contributed by atoms with E-state index in [4.69, 9.17) is 0 Å². The highest BCUT2D eigenvalue weighted by Gasteiger charge is 2.34. The summed E-state index contributed by atoms with van der Waals surface area (Å²) >= 11 is 0. The van der Waals surface area contributed by atoms with Crippen molar-refractivity contribution in [3.8, 4) is 0 Å². The number of carbonyl (C=O) groups excluding carboxylic acids is 1. The number of carbonyl (C=O) groups is 1. The van der Waals surface area contributed by atoms with Crippen LogP contribution in [-0.2, 0) is 4.79 Å². The summed E-state index contributed by atoms with van der Waals surface area (Å²) in [6, 6.07) is 0.414. The van der Waals surface area contributed by atoms with Crippen molar-refractivity contribution in [2.75, 3.05) is 13.1 Å². The molecule has 2 aliphatic heterocycles. The number of nitrogens with zero attached hydrogens (tertiary/aromatic N) is 2. The summed E-state index contributed by atoms with van der Waals surface area (Å²) in [5.74, 6) is 0.565. The molecule has 2 fully saturated rings. The zero-order valence-electron chi connectivity index (χ0n) is 9.20. The molecule has 2 aliphatic rings. The van der Waals surface area contributed by atoms with E-state index in [1.165, 1.54) is 6.42 Å². The van der Waals surface area contributed by atoms with Gasteiger partial charge in [-0.3, -0.25) is 9.80 Å². The maximum absolute atomic E-state index is 12.1. The fourth-order valence-corrected chi connectivity index (χ4v) is 2.58. The van der Waals surface area contributed by atoms with E-state index in [-0.39, 0.29) is 5.92 Å². The van der Waals surface area contributed by atoms with E-state index < -0.39 is 0 Å². The quantitative estimate of drug-likeness (QED) is 0.588. The molecule has 2 atom stereocenters. The molecule has 1 amide bonds. The first-order valence-electron chi connectivity index (χ1n) is 5.78. The predicted octanol–water partition coefficient (Wildman–Crippen LogP) is 1.64. The molecular formula is C11H20N2O. The molecule has 3 nitrogen and oxygen atoms in total. The average molecular weight is 196 g/mol. The highest BCUT2D eigenvalue weighted by molar-refractivity contribution is 5.78. The van der Waals surface area contributed by atoms with Crippen molar-refractivity contribution in [2.24, 2.45) is 5.92 Å². The minimum absolute atomic E-state index is 0.223. The van der Waals surface area contributed by atoms with E-state index in [1.807, 2.05) is 5.01 Å². The Balaban J connectivity index is 2.18. The molecule has 3 heteroatoms. The van der Waals surface area contributed by atoms with Crippen molar-refractivity contribution in [1.29, 1.82) is 0 Å². The monoisotopic (exact) mass is 196 g/mol.